The van der Waals surface area contributed by atoms with Crippen LogP contribution in [0.25, 0.3) is 0 Å². The second-order valence-electron chi connectivity index (χ2n) is 4.63. The number of ether oxygens (including phenoxy) is 1. The molecule has 1 atom stereocenters. The van der Waals surface area contributed by atoms with Gasteiger partial charge in [-0.1, -0.05) is 12.8 Å². The largest absolute Gasteiger partial charge is 0.379 e. The van der Waals surface area contributed by atoms with E-state index in [0.29, 0.717) is 18.0 Å². The predicted octanol–water partition coefficient (Wildman–Crippen LogP) is 1.19. The van der Waals surface area contributed by atoms with Crippen LogP contribution in [0.4, 0.5) is 0 Å². The number of nitrogens with zero attached hydrogens (tertiary/aromatic N) is 2. The number of methoxy groups -OCH3 is 1. The van der Waals surface area contributed by atoms with Gasteiger partial charge in [0.05, 0.1) is 24.4 Å². The molecule has 1 aliphatic carbocycles. The first-order valence-electron chi connectivity index (χ1n) is 6.05. The SMILES string of the molecule is CO[C@@H](Cn1cc(C(N)=O)cn1)C1CCCC1. The van der Waals surface area contributed by atoms with E-state index in [1.807, 2.05) is 0 Å². The Bertz CT molecular complexity index is 383. The van der Waals surface area contributed by atoms with E-state index >= 15 is 0 Å². The van der Waals surface area contributed by atoms with Crippen LogP contribution in [-0.2, 0) is 11.3 Å². The standard InChI is InChI=1S/C12H19N3O2/c1-17-11(9-4-2-3-5-9)8-15-7-10(6-14-15)12(13)16/h6-7,9,11H,2-5,8H2,1H3,(H2,13,16)/t11-/m0/s1. The van der Waals surface area contributed by atoms with Gasteiger partial charge in [-0.05, 0) is 18.8 Å². The molecular weight excluding hydrogens is 218 g/mol. The minimum absolute atomic E-state index is 0.179. The highest BCUT2D eigenvalue weighted by atomic mass is 16.5. The summed E-state index contributed by atoms with van der Waals surface area (Å²) in [7, 11) is 1.74. The lowest BCUT2D eigenvalue weighted by molar-refractivity contribution is 0.0381. The van der Waals surface area contributed by atoms with Crippen LogP contribution in [0.3, 0.4) is 0 Å². The zero-order chi connectivity index (χ0) is 12.3. The van der Waals surface area contributed by atoms with Gasteiger partial charge >= 0.3 is 0 Å². The molecule has 1 fully saturated rings. The van der Waals surface area contributed by atoms with Crippen molar-refractivity contribution in [2.75, 3.05) is 7.11 Å². The molecule has 0 bridgehead atoms. The summed E-state index contributed by atoms with van der Waals surface area (Å²) in [6, 6.07) is 0. The molecule has 0 saturated heterocycles. The Morgan fingerprint density at radius 2 is 2.35 bits per heavy atom. The van der Waals surface area contributed by atoms with Crippen LogP contribution in [0.5, 0.6) is 0 Å². The van der Waals surface area contributed by atoms with Crippen LogP contribution in [-0.4, -0.2) is 28.9 Å². The molecule has 0 radical (unpaired) electrons. The van der Waals surface area contributed by atoms with Crippen LogP contribution in [0.2, 0.25) is 0 Å². The molecule has 1 aliphatic rings. The van der Waals surface area contributed by atoms with Gasteiger partial charge < -0.3 is 10.5 Å². The summed E-state index contributed by atoms with van der Waals surface area (Å²) < 4.78 is 7.27. The molecule has 1 aromatic rings. The molecule has 1 saturated carbocycles. The maximum atomic E-state index is 11.0. The van der Waals surface area contributed by atoms with E-state index in [9.17, 15) is 4.79 Å². The molecule has 1 aromatic heterocycles. The van der Waals surface area contributed by atoms with E-state index in [1.54, 1.807) is 18.0 Å². The first-order chi connectivity index (χ1) is 8.20. The van der Waals surface area contributed by atoms with Gasteiger partial charge in [-0.15, -0.1) is 0 Å². The maximum Gasteiger partial charge on any atom is 0.251 e. The fraction of sp³-hybridized carbons (Fsp3) is 0.667. The van der Waals surface area contributed by atoms with E-state index in [1.165, 1.54) is 31.9 Å². The molecule has 2 N–H and O–H groups in total. The number of aromatic nitrogens is 2. The van der Waals surface area contributed by atoms with Crippen molar-refractivity contribution in [2.24, 2.45) is 11.7 Å². The Morgan fingerprint density at radius 1 is 1.65 bits per heavy atom. The summed E-state index contributed by atoms with van der Waals surface area (Å²) >= 11 is 0. The van der Waals surface area contributed by atoms with E-state index in [2.05, 4.69) is 5.10 Å². The summed E-state index contributed by atoms with van der Waals surface area (Å²) in [5.41, 5.74) is 5.64. The van der Waals surface area contributed by atoms with Crippen molar-refractivity contribution in [1.82, 2.24) is 9.78 Å². The van der Waals surface area contributed by atoms with Crippen molar-refractivity contribution < 1.29 is 9.53 Å². The average Bonchev–Trinajstić information content (AvgIpc) is 2.96. The summed E-state index contributed by atoms with van der Waals surface area (Å²) in [5, 5.41) is 4.13. The molecule has 5 nitrogen and oxygen atoms in total. The molecule has 0 aliphatic heterocycles. The Hall–Kier alpha value is -1.36. The minimum atomic E-state index is -0.439. The number of rotatable bonds is 5. The summed E-state index contributed by atoms with van der Waals surface area (Å²) in [4.78, 5) is 11.0. The first-order valence-corrected chi connectivity index (χ1v) is 6.05. The van der Waals surface area contributed by atoms with Crippen molar-refractivity contribution in [1.29, 1.82) is 0 Å². The highest BCUT2D eigenvalue weighted by Gasteiger charge is 2.25. The van der Waals surface area contributed by atoms with Crippen molar-refractivity contribution in [2.45, 2.75) is 38.3 Å². The average molecular weight is 237 g/mol. The number of amides is 1. The van der Waals surface area contributed by atoms with Crippen molar-refractivity contribution in [3.05, 3.63) is 18.0 Å². The fourth-order valence-electron chi connectivity index (χ4n) is 2.52. The second kappa shape index (κ2) is 5.31. The number of nitrogens with two attached hydrogens (primary N) is 1. The minimum Gasteiger partial charge on any atom is -0.379 e. The molecule has 1 heterocycles. The molecule has 17 heavy (non-hydrogen) atoms. The second-order valence-corrected chi connectivity index (χ2v) is 4.63. The number of primary amides is 1. The molecule has 2 rings (SSSR count). The smallest absolute Gasteiger partial charge is 0.251 e. The highest BCUT2D eigenvalue weighted by molar-refractivity contribution is 5.92. The zero-order valence-electron chi connectivity index (χ0n) is 10.1. The predicted molar refractivity (Wildman–Crippen MR) is 63.5 cm³/mol. The van der Waals surface area contributed by atoms with Gasteiger partial charge in [0.2, 0.25) is 0 Å². The van der Waals surface area contributed by atoms with Crippen molar-refractivity contribution >= 4 is 5.91 Å². The number of carbonyl (C=O) groups excluding carboxylic acids is 1. The van der Waals surface area contributed by atoms with E-state index in [4.69, 9.17) is 10.5 Å². The van der Waals surface area contributed by atoms with Crippen LogP contribution in [0.1, 0.15) is 36.0 Å². The Labute approximate surface area is 101 Å². The Kier molecular flexibility index (Phi) is 3.78. The van der Waals surface area contributed by atoms with Gasteiger partial charge in [0.15, 0.2) is 0 Å². The number of hydrogen-bond acceptors (Lipinski definition) is 3. The van der Waals surface area contributed by atoms with Crippen LogP contribution >= 0.6 is 0 Å². The monoisotopic (exact) mass is 237 g/mol. The molecule has 0 spiro atoms. The van der Waals surface area contributed by atoms with Crippen molar-refractivity contribution in [3.8, 4) is 0 Å². The quantitative estimate of drug-likeness (QED) is 0.836. The Morgan fingerprint density at radius 3 is 2.88 bits per heavy atom. The molecule has 0 unspecified atom stereocenters. The number of carbonyl (C=O) groups is 1. The lowest BCUT2D eigenvalue weighted by atomic mass is 10.0. The number of hydrogen-bond donors (Lipinski definition) is 1. The van der Waals surface area contributed by atoms with E-state index < -0.39 is 5.91 Å². The Balaban J connectivity index is 1.99. The van der Waals surface area contributed by atoms with Crippen LogP contribution in [0.15, 0.2) is 12.4 Å². The van der Waals surface area contributed by atoms with E-state index in [0.717, 1.165) is 0 Å². The lowest BCUT2D eigenvalue weighted by Gasteiger charge is -2.21. The third kappa shape index (κ3) is 2.85. The molecule has 0 aromatic carbocycles. The topological polar surface area (TPSA) is 70.1 Å². The molecular formula is C12H19N3O2. The van der Waals surface area contributed by atoms with Gasteiger partial charge in [-0.2, -0.15) is 5.10 Å². The maximum absolute atomic E-state index is 11.0. The highest BCUT2D eigenvalue weighted by Crippen LogP contribution is 2.29. The summed E-state index contributed by atoms with van der Waals surface area (Å²) in [5.74, 6) is 0.173. The van der Waals surface area contributed by atoms with Crippen LogP contribution in [0, 0.1) is 5.92 Å². The summed E-state index contributed by atoms with van der Waals surface area (Å²) in [6.07, 6.45) is 8.39. The van der Waals surface area contributed by atoms with Crippen molar-refractivity contribution in [3.63, 3.8) is 0 Å². The molecule has 5 heteroatoms. The van der Waals surface area contributed by atoms with Crippen LogP contribution < -0.4 is 5.73 Å². The van der Waals surface area contributed by atoms with Gasteiger partial charge in [0.1, 0.15) is 0 Å². The third-order valence-corrected chi connectivity index (χ3v) is 3.51. The lowest BCUT2D eigenvalue weighted by Crippen LogP contribution is -2.26. The van der Waals surface area contributed by atoms with E-state index in [-0.39, 0.29) is 6.10 Å². The van der Waals surface area contributed by atoms with Gasteiger partial charge in [-0.25, -0.2) is 0 Å². The van der Waals surface area contributed by atoms with Gasteiger partial charge in [0.25, 0.3) is 5.91 Å². The van der Waals surface area contributed by atoms with Gasteiger partial charge in [-0.3, -0.25) is 9.48 Å². The molecule has 1 amide bonds. The molecule has 94 valence electrons. The van der Waals surface area contributed by atoms with Gasteiger partial charge in [0, 0.05) is 13.3 Å². The summed E-state index contributed by atoms with van der Waals surface area (Å²) in [6.45, 7) is 0.689. The zero-order valence-corrected chi connectivity index (χ0v) is 10.1. The first kappa shape index (κ1) is 12.1. The normalized spacial score (nSPS) is 18.4. The fourth-order valence-corrected chi connectivity index (χ4v) is 2.52. The third-order valence-electron chi connectivity index (χ3n) is 3.51.